The maximum Gasteiger partial charge on any atom is 0.160 e. The van der Waals surface area contributed by atoms with Gasteiger partial charge in [-0.25, -0.2) is 9.97 Å². The molecule has 7 rings (SSSR count). The van der Waals surface area contributed by atoms with Gasteiger partial charge in [-0.2, -0.15) is 0 Å². The van der Waals surface area contributed by atoms with Gasteiger partial charge >= 0.3 is 0 Å². The van der Waals surface area contributed by atoms with E-state index in [4.69, 9.17) is 15.0 Å². The molecule has 38 heavy (non-hydrogen) atoms. The van der Waals surface area contributed by atoms with E-state index >= 15 is 0 Å². The highest BCUT2D eigenvalue weighted by Crippen LogP contribution is 2.40. The molecule has 0 aliphatic rings. The highest BCUT2D eigenvalue weighted by atomic mass is 32.1. The van der Waals surface area contributed by atoms with Gasteiger partial charge in [-0.15, -0.1) is 11.3 Å². The number of aryl methyl sites for hydroxylation is 1. The minimum absolute atomic E-state index is 0.725. The summed E-state index contributed by atoms with van der Waals surface area (Å²) in [5.74, 6) is 0.725. The minimum Gasteiger partial charge on any atom is -0.255 e. The zero-order chi connectivity index (χ0) is 25.5. The van der Waals surface area contributed by atoms with Gasteiger partial charge in [0, 0.05) is 38.5 Å². The van der Waals surface area contributed by atoms with E-state index in [9.17, 15) is 0 Å². The number of thiophene rings is 1. The topological polar surface area (TPSA) is 38.7 Å². The van der Waals surface area contributed by atoms with Crippen LogP contribution in [0.5, 0.6) is 0 Å². The Kier molecular flexibility index (Phi) is 5.53. The summed E-state index contributed by atoms with van der Waals surface area (Å²) in [6.07, 6.45) is 1.92. The van der Waals surface area contributed by atoms with E-state index in [2.05, 4.69) is 85.8 Å². The molecule has 3 heterocycles. The number of pyridine rings is 1. The van der Waals surface area contributed by atoms with E-state index in [1.165, 1.54) is 25.9 Å². The maximum absolute atomic E-state index is 5.07. The SMILES string of the molecule is Cc1ccc(-c2ccnc3c2sc2ccccc23)cc1-c1cc(-c2ccccc2)nc(-c2ccccc2)n1. The van der Waals surface area contributed by atoms with Crippen LogP contribution in [0.1, 0.15) is 5.56 Å². The quantitative estimate of drug-likeness (QED) is 0.239. The fraction of sp³-hybridized carbons (Fsp3) is 0.0294. The monoisotopic (exact) mass is 505 g/mol. The van der Waals surface area contributed by atoms with Crippen LogP contribution in [0.2, 0.25) is 0 Å². The molecule has 0 unspecified atom stereocenters. The van der Waals surface area contributed by atoms with Gasteiger partial charge in [-0.1, -0.05) is 91.0 Å². The van der Waals surface area contributed by atoms with Crippen LogP contribution in [0.3, 0.4) is 0 Å². The molecular formula is C34H23N3S. The number of hydrogen-bond acceptors (Lipinski definition) is 4. The summed E-state index contributed by atoms with van der Waals surface area (Å²) in [5.41, 5.74) is 9.59. The van der Waals surface area contributed by atoms with Crippen LogP contribution in [0.4, 0.5) is 0 Å². The Morgan fingerprint density at radius 2 is 1.29 bits per heavy atom. The molecule has 0 saturated heterocycles. The summed E-state index contributed by atoms with van der Waals surface area (Å²) in [6.45, 7) is 2.15. The number of rotatable bonds is 4. The number of benzene rings is 4. The van der Waals surface area contributed by atoms with Gasteiger partial charge in [0.2, 0.25) is 0 Å². The summed E-state index contributed by atoms with van der Waals surface area (Å²) in [6, 6.07) is 39.9. The van der Waals surface area contributed by atoms with Crippen molar-refractivity contribution in [1.82, 2.24) is 15.0 Å². The van der Waals surface area contributed by atoms with Crippen molar-refractivity contribution in [2.24, 2.45) is 0 Å². The molecule has 0 aliphatic heterocycles. The molecule has 0 radical (unpaired) electrons. The van der Waals surface area contributed by atoms with Gasteiger partial charge in [0.25, 0.3) is 0 Å². The Morgan fingerprint density at radius 1 is 0.579 bits per heavy atom. The third-order valence-corrected chi connectivity index (χ3v) is 8.10. The van der Waals surface area contributed by atoms with Crippen LogP contribution in [0.25, 0.3) is 65.3 Å². The molecule has 0 fully saturated rings. The number of hydrogen-bond donors (Lipinski definition) is 0. The standard InChI is InChI=1S/C34H23N3S/c1-22-16-17-25(26-18-19-35-32-27-14-8-9-15-31(27)38-33(26)32)20-28(22)30-21-29(23-10-4-2-5-11-23)36-34(37-30)24-12-6-3-7-13-24/h2-21H,1H3. The first kappa shape index (κ1) is 22.5. The van der Waals surface area contributed by atoms with Crippen molar-refractivity contribution in [3.05, 3.63) is 127 Å². The minimum atomic E-state index is 0.725. The molecule has 0 aliphatic carbocycles. The van der Waals surface area contributed by atoms with Gasteiger partial charge in [0.15, 0.2) is 5.82 Å². The summed E-state index contributed by atoms with van der Waals surface area (Å²) in [7, 11) is 0. The number of nitrogens with zero attached hydrogens (tertiary/aromatic N) is 3. The summed E-state index contributed by atoms with van der Waals surface area (Å²) >= 11 is 1.80. The second-order valence-corrected chi connectivity index (χ2v) is 10.4. The molecule has 0 bridgehead atoms. The Bertz CT molecular complexity index is 1870. The van der Waals surface area contributed by atoms with E-state index < -0.39 is 0 Å². The fourth-order valence-corrected chi connectivity index (χ4v) is 6.15. The van der Waals surface area contributed by atoms with Crippen molar-refractivity contribution in [1.29, 1.82) is 0 Å². The van der Waals surface area contributed by atoms with Crippen molar-refractivity contribution in [3.63, 3.8) is 0 Å². The van der Waals surface area contributed by atoms with Crippen molar-refractivity contribution in [2.45, 2.75) is 6.92 Å². The lowest BCUT2D eigenvalue weighted by Crippen LogP contribution is -1.97. The van der Waals surface area contributed by atoms with Crippen LogP contribution < -0.4 is 0 Å². The normalized spacial score (nSPS) is 11.3. The van der Waals surface area contributed by atoms with E-state index in [0.717, 1.165) is 45.0 Å². The Balaban J connectivity index is 1.43. The van der Waals surface area contributed by atoms with E-state index in [1.54, 1.807) is 11.3 Å². The van der Waals surface area contributed by atoms with Gasteiger partial charge in [0.1, 0.15) is 0 Å². The van der Waals surface area contributed by atoms with Crippen LogP contribution in [0.15, 0.2) is 121 Å². The molecular weight excluding hydrogens is 482 g/mol. The van der Waals surface area contributed by atoms with Crippen LogP contribution in [-0.4, -0.2) is 15.0 Å². The molecule has 4 heteroatoms. The van der Waals surface area contributed by atoms with Crippen LogP contribution in [-0.2, 0) is 0 Å². The molecule has 0 amide bonds. The van der Waals surface area contributed by atoms with E-state index in [1.807, 2.05) is 42.6 Å². The lowest BCUT2D eigenvalue weighted by Gasteiger charge is -2.13. The summed E-state index contributed by atoms with van der Waals surface area (Å²) in [4.78, 5) is 14.8. The molecule has 0 spiro atoms. The smallest absolute Gasteiger partial charge is 0.160 e. The second-order valence-electron chi connectivity index (χ2n) is 9.36. The van der Waals surface area contributed by atoms with Crippen LogP contribution in [0, 0.1) is 6.92 Å². The van der Waals surface area contributed by atoms with Gasteiger partial charge in [-0.3, -0.25) is 4.98 Å². The van der Waals surface area contributed by atoms with E-state index in [-0.39, 0.29) is 0 Å². The summed E-state index contributed by atoms with van der Waals surface area (Å²) < 4.78 is 2.46. The number of fused-ring (bicyclic) bond motifs is 3. The summed E-state index contributed by atoms with van der Waals surface area (Å²) in [5, 5.41) is 1.21. The largest absolute Gasteiger partial charge is 0.255 e. The fourth-order valence-electron chi connectivity index (χ4n) is 4.96. The molecule has 180 valence electrons. The zero-order valence-electron chi connectivity index (χ0n) is 20.8. The molecule has 7 aromatic rings. The first-order valence-electron chi connectivity index (χ1n) is 12.6. The van der Waals surface area contributed by atoms with Gasteiger partial charge in [0.05, 0.1) is 21.6 Å². The third kappa shape index (κ3) is 3.96. The van der Waals surface area contributed by atoms with Crippen LogP contribution >= 0.6 is 11.3 Å². The van der Waals surface area contributed by atoms with Gasteiger partial charge < -0.3 is 0 Å². The molecule has 0 N–H and O–H groups in total. The molecule has 3 aromatic heterocycles. The first-order chi connectivity index (χ1) is 18.7. The Labute approximate surface area is 225 Å². The highest BCUT2D eigenvalue weighted by molar-refractivity contribution is 7.26. The maximum atomic E-state index is 5.07. The average Bonchev–Trinajstić information content (AvgIpc) is 3.37. The lowest BCUT2D eigenvalue weighted by molar-refractivity contribution is 1.18. The third-order valence-electron chi connectivity index (χ3n) is 6.91. The Morgan fingerprint density at radius 3 is 2.11 bits per heavy atom. The predicted molar refractivity (Wildman–Crippen MR) is 159 cm³/mol. The van der Waals surface area contributed by atoms with Crippen molar-refractivity contribution >= 4 is 31.6 Å². The van der Waals surface area contributed by atoms with E-state index in [0.29, 0.717) is 0 Å². The molecule has 3 nitrogen and oxygen atoms in total. The van der Waals surface area contributed by atoms with Crippen molar-refractivity contribution in [2.75, 3.05) is 0 Å². The number of aromatic nitrogens is 3. The average molecular weight is 506 g/mol. The Hall–Kier alpha value is -4.67. The van der Waals surface area contributed by atoms with Gasteiger partial charge in [-0.05, 0) is 42.3 Å². The lowest BCUT2D eigenvalue weighted by atomic mass is 9.97. The molecule has 4 aromatic carbocycles. The first-order valence-corrected chi connectivity index (χ1v) is 13.4. The second kappa shape index (κ2) is 9.33. The van der Waals surface area contributed by atoms with Crippen molar-refractivity contribution < 1.29 is 0 Å². The zero-order valence-corrected chi connectivity index (χ0v) is 21.6. The highest BCUT2D eigenvalue weighted by Gasteiger charge is 2.15. The van der Waals surface area contributed by atoms with Crippen molar-refractivity contribution in [3.8, 4) is 45.0 Å². The molecule has 0 saturated carbocycles. The molecule has 0 atom stereocenters. The predicted octanol–water partition coefficient (Wildman–Crippen LogP) is 9.22.